The number of hydrogen-bond donors (Lipinski definition) is 0. The molecule has 1 rings (SSSR count). The van der Waals surface area contributed by atoms with Crippen molar-refractivity contribution in [3.63, 3.8) is 0 Å². The predicted octanol–water partition coefficient (Wildman–Crippen LogP) is 2.86. The van der Waals surface area contributed by atoms with Gasteiger partial charge in [0, 0.05) is 6.54 Å². The van der Waals surface area contributed by atoms with Crippen LogP contribution in [-0.4, -0.2) is 30.6 Å². The van der Waals surface area contributed by atoms with Crippen molar-refractivity contribution in [2.45, 2.75) is 39.3 Å². The first kappa shape index (κ1) is 14.5. The van der Waals surface area contributed by atoms with Gasteiger partial charge in [-0.1, -0.05) is 12.1 Å². The van der Waals surface area contributed by atoms with E-state index in [0.29, 0.717) is 0 Å². The van der Waals surface area contributed by atoms with Crippen molar-refractivity contribution in [3.8, 4) is 11.8 Å². The Bertz CT molecular complexity index is 392. The molecule has 0 saturated carbocycles. The van der Waals surface area contributed by atoms with E-state index >= 15 is 0 Å². The van der Waals surface area contributed by atoms with Crippen molar-refractivity contribution in [3.05, 3.63) is 29.8 Å². The number of benzene rings is 1. The van der Waals surface area contributed by atoms with Crippen LogP contribution in [0.4, 0.5) is 0 Å². The molecule has 0 aliphatic rings. The van der Waals surface area contributed by atoms with Crippen LogP contribution in [0.5, 0.6) is 5.75 Å². The lowest BCUT2D eigenvalue weighted by molar-refractivity contribution is 0.242. The van der Waals surface area contributed by atoms with Crippen LogP contribution in [0.1, 0.15) is 26.3 Å². The lowest BCUT2D eigenvalue weighted by atomic mass is 10.1. The second kappa shape index (κ2) is 7.03. The van der Waals surface area contributed by atoms with Crippen molar-refractivity contribution < 1.29 is 4.74 Å². The van der Waals surface area contributed by atoms with Crippen molar-refractivity contribution in [2.75, 3.05) is 13.6 Å². The van der Waals surface area contributed by atoms with Crippen LogP contribution in [-0.2, 0) is 6.42 Å². The molecule has 0 aromatic heterocycles. The van der Waals surface area contributed by atoms with E-state index in [-0.39, 0.29) is 12.1 Å². The Morgan fingerprint density at radius 2 is 1.83 bits per heavy atom. The number of nitrogens with zero attached hydrogens (tertiary/aromatic N) is 2. The average Bonchev–Trinajstić information content (AvgIpc) is 2.36. The zero-order valence-electron chi connectivity index (χ0n) is 11.7. The monoisotopic (exact) mass is 246 g/mol. The van der Waals surface area contributed by atoms with Gasteiger partial charge < -0.3 is 4.74 Å². The molecule has 0 radical (unpaired) electrons. The molecule has 0 saturated heterocycles. The fourth-order valence-electron chi connectivity index (χ4n) is 1.60. The Labute approximate surface area is 110 Å². The topological polar surface area (TPSA) is 36.3 Å². The number of rotatable bonds is 6. The number of ether oxygens (including phenoxy) is 1. The summed E-state index contributed by atoms with van der Waals surface area (Å²) >= 11 is 0. The zero-order chi connectivity index (χ0) is 13.5. The minimum absolute atomic E-state index is 0.0338. The van der Waals surface area contributed by atoms with Crippen LogP contribution in [0.3, 0.4) is 0 Å². The van der Waals surface area contributed by atoms with E-state index in [1.54, 1.807) is 0 Å². The highest BCUT2D eigenvalue weighted by molar-refractivity contribution is 5.27. The quantitative estimate of drug-likeness (QED) is 0.774. The van der Waals surface area contributed by atoms with E-state index in [1.807, 2.05) is 40.0 Å². The average molecular weight is 246 g/mol. The maximum atomic E-state index is 8.81. The minimum Gasteiger partial charge on any atom is -0.491 e. The van der Waals surface area contributed by atoms with Gasteiger partial charge in [-0.3, -0.25) is 4.90 Å². The molecule has 0 fully saturated rings. The van der Waals surface area contributed by atoms with E-state index in [1.165, 1.54) is 5.56 Å². The molecule has 0 spiro atoms. The third-order valence-electron chi connectivity index (χ3n) is 2.90. The van der Waals surface area contributed by atoms with Gasteiger partial charge in [0.1, 0.15) is 5.75 Å². The van der Waals surface area contributed by atoms with Crippen molar-refractivity contribution in [2.24, 2.45) is 0 Å². The van der Waals surface area contributed by atoms with Crippen LogP contribution in [0.2, 0.25) is 0 Å². The van der Waals surface area contributed by atoms with Gasteiger partial charge in [0.05, 0.1) is 18.2 Å². The van der Waals surface area contributed by atoms with E-state index in [9.17, 15) is 0 Å². The van der Waals surface area contributed by atoms with Gasteiger partial charge >= 0.3 is 0 Å². The molecule has 0 bridgehead atoms. The Hall–Kier alpha value is -1.53. The Morgan fingerprint density at radius 3 is 2.33 bits per heavy atom. The molecule has 0 heterocycles. The van der Waals surface area contributed by atoms with Gasteiger partial charge in [-0.2, -0.15) is 5.26 Å². The first-order valence-corrected chi connectivity index (χ1v) is 6.38. The molecular weight excluding hydrogens is 224 g/mol. The maximum absolute atomic E-state index is 8.81. The standard InChI is InChI=1S/C15H22N2O/c1-12(2)18-15-7-5-14(6-8-15)9-10-17(4)13(3)11-16/h5-8,12-13H,9-10H2,1-4H3. The van der Waals surface area contributed by atoms with Gasteiger partial charge in [0.25, 0.3) is 0 Å². The first-order valence-electron chi connectivity index (χ1n) is 6.38. The summed E-state index contributed by atoms with van der Waals surface area (Å²) in [6.07, 6.45) is 1.16. The van der Waals surface area contributed by atoms with Crippen LogP contribution >= 0.6 is 0 Å². The second-order valence-corrected chi connectivity index (χ2v) is 4.85. The normalized spacial score (nSPS) is 12.5. The van der Waals surface area contributed by atoms with Crippen molar-refractivity contribution in [1.82, 2.24) is 4.90 Å². The van der Waals surface area contributed by atoms with Crippen LogP contribution in [0.25, 0.3) is 0 Å². The third kappa shape index (κ3) is 4.77. The minimum atomic E-state index is -0.0338. The number of hydrogen-bond acceptors (Lipinski definition) is 3. The Morgan fingerprint density at radius 1 is 1.22 bits per heavy atom. The van der Waals surface area contributed by atoms with Gasteiger partial charge in [-0.25, -0.2) is 0 Å². The molecule has 0 aliphatic heterocycles. The summed E-state index contributed by atoms with van der Waals surface area (Å²) in [5.74, 6) is 0.910. The molecule has 3 nitrogen and oxygen atoms in total. The van der Waals surface area contributed by atoms with Crippen molar-refractivity contribution in [1.29, 1.82) is 5.26 Å². The van der Waals surface area contributed by atoms with Crippen LogP contribution in [0.15, 0.2) is 24.3 Å². The maximum Gasteiger partial charge on any atom is 0.119 e. The van der Waals surface area contributed by atoms with Crippen molar-refractivity contribution >= 4 is 0 Å². The summed E-state index contributed by atoms with van der Waals surface area (Å²) in [5, 5.41) is 8.81. The summed E-state index contributed by atoms with van der Waals surface area (Å²) in [7, 11) is 1.98. The molecule has 3 heteroatoms. The number of likely N-dealkylation sites (N-methyl/N-ethyl adjacent to an activating group) is 1. The molecule has 18 heavy (non-hydrogen) atoms. The van der Waals surface area contributed by atoms with Crippen LogP contribution in [0, 0.1) is 11.3 Å². The molecule has 0 amide bonds. The van der Waals surface area contributed by atoms with Gasteiger partial charge in [0.15, 0.2) is 0 Å². The molecule has 1 aromatic carbocycles. The van der Waals surface area contributed by atoms with E-state index in [4.69, 9.17) is 10.00 Å². The highest BCUT2D eigenvalue weighted by Crippen LogP contribution is 2.14. The van der Waals surface area contributed by atoms with Gasteiger partial charge in [-0.05, 0) is 51.9 Å². The number of nitriles is 1. The summed E-state index contributed by atoms with van der Waals surface area (Å²) < 4.78 is 5.60. The summed E-state index contributed by atoms with van der Waals surface area (Å²) in [6.45, 7) is 6.84. The first-order chi connectivity index (χ1) is 8.52. The summed E-state index contributed by atoms with van der Waals surface area (Å²) in [4.78, 5) is 2.05. The predicted molar refractivity (Wildman–Crippen MR) is 73.6 cm³/mol. The fraction of sp³-hybridized carbons (Fsp3) is 0.533. The SMILES string of the molecule is CC(C)Oc1ccc(CCN(C)C(C)C#N)cc1. The lowest BCUT2D eigenvalue weighted by Crippen LogP contribution is -2.29. The van der Waals surface area contributed by atoms with E-state index in [0.717, 1.165) is 18.7 Å². The zero-order valence-corrected chi connectivity index (χ0v) is 11.7. The summed E-state index contributed by atoms with van der Waals surface area (Å²) in [6, 6.07) is 10.4. The second-order valence-electron chi connectivity index (χ2n) is 4.85. The Balaban J connectivity index is 2.47. The summed E-state index contributed by atoms with van der Waals surface area (Å²) in [5.41, 5.74) is 1.27. The van der Waals surface area contributed by atoms with E-state index in [2.05, 4.69) is 23.1 Å². The largest absolute Gasteiger partial charge is 0.491 e. The highest BCUT2D eigenvalue weighted by atomic mass is 16.5. The van der Waals surface area contributed by atoms with Crippen LogP contribution < -0.4 is 4.74 Å². The molecule has 1 aromatic rings. The molecule has 0 aliphatic carbocycles. The van der Waals surface area contributed by atoms with E-state index < -0.39 is 0 Å². The third-order valence-corrected chi connectivity index (χ3v) is 2.90. The Kier molecular flexibility index (Phi) is 5.67. The van der Waals surface area contributed by atoms with Gasteiger partial charge in [0.2, 0.25) is 0 Å². The van der Waals surface area contributed by atoms with Gasteiger partial charge in [-0.15, -0.1) is 0 Å². The molecular formula is C15H22N2O. The molecule has 98 valence electrons. The molecule has 1 unspecified atom stereocenters. The molecule has 1 atom stereocenters. The fourth-order valence-corrected chi connectivity index (χ4v) is 1.60. The molecule has 0 N–H and O–H groups in total. The highest BCUT2D eigenvalue weighted by Gasteiger charge is 2.07. The smallest absolute Gasteiger partial charge is 0.119 e. The lowest BCUT2D eigenvalue weighted by Gasteiger charge is -2.18.